The summed E-state index contributed by atoms with van der Waals surface area (Å²) in [4.78, 5) is 13.2. The number of halogens is 1. The van der Waals surface area contributed by atoms with Gasteiger partial charge in [-0.15, -0.1) is 23.7 Å². The minimum Gasteiger partial charge on any atom is -0.495 e. The number of aryl methyl sites for hydroxylation is 1. The van der Waals surface area contributed by atoms with E-state index in [1.165, 1.54) is 11.3 Å². The smallest absolute Gasteiger partial charge is 0.265 e. The molecule has 0 unspecified atom stereocenters. The third kappa shape index (κ3) is 3.70. The van der Waals surface area contributed by atoms with Crippen molar-refractivity contribution in [2.45, 2.75) is 6.92 Å². The van der Waals surface area contributed by atoms with Gasteiger partial charge in [-0.2, -0.15) is 0 Å². The first kappa shape index (κ1) is 14.2. The van der Waals surface area contributed by atoms with Gasteiger partial charge in [-0.1, -0.05) is 0 Å². The molecule has 4 nitrogen and oxygen atoms in total. The molecule has 1 heterocycles. The Morgan fingerprint density at radius 2 is 2.33 bits per heavy atom. The van der Waals surface area contributed by atoms with Crippen LogP contribution in [0.1, 0.15) is 14.5 Å². The molecule has 6 heteroatoms. The highest BCUT2D eigenvalue weighted by Gasteiger charge is 2.14. The lowest BCUT2D eigenvalue weighted by atomic mass is 10.4. The molecule has 0 bridgehead atoms. The lowest BCUT2D eigenvalue weighted by Gasteiger charge is -2.02. The molecule has 0 saturated carbocycles. The van der Waals surface area contributed by atoms with E-state index in [-0.39, 0.29) is 18.3 Å². The maximum Gasteiger partial charge on any atom is 0.265 e. The van der Waals surface area contributed by atoms with Crippen molar-refractivity contribution in [1.82, 2.24) is 5.32 Å². The predicted molar refractivity (Wildman–Crippen MR) is 64.2 cm³/mol. The third-order valence-corrected chi connectivity index (χ3v) is 2.71. The van der Waals surface area contributed by atoms with Crippen molar-refractivity contribution in [3.05, 3.63) is 15.8 Å². The average Bonchev–Trinajstić information content (AvgIpc) is 2.56. The highest BCUT2D eigenvalue weighted by Crippen LogP contribution is 2.28. The van der Waals surface area contributed by atoms with Gasteiger partial charge in [0.1, 0.15) is 10.6 Å². The maximum absolute atomic E-state index is 11.6. The Morgan fingerprint density at radius 3 is 2.87 bits per heavy atom. The summed E-state index contributed by atoms with van der Waals surface area (Å²) in [5.41, 5.74) is 5.29. The van der Waals surface area contributed by atoms with Crippen molar-refractivity contribution in [1.29, 1.82) is 0 Å². The first-order valence-electron chi connectivity index (χ1n) is 4.31. The monoisotopic (exact) mass is 250 g/mol. The summed E-state index contributed by atoms with van der Waals surface area (Å²) in [6, 6.07) is 1.85. The molecule has 3 N–H and O–H groups in total. The van der Waals surface area contributed by atoms with E-state index >= 15 is 0 Å². The molecular formula is C9H15ClN2O2S. The number of nitrogens with one attached hydrogen (secondary N) is 1. The van der Waals surface area contributed by atoms with Crippen molar-refractivity contribution in [3.8, 4) is 5.75 Å². The fraction of sp³-hybridized carbons (Fsp3) is 0.444. The zero-order valence-electron chi connectivity index (χ0n) is 8.70. The standard InChI is InChI=1S/C9H14N2O2S.ClH/c1-6-5-7(13-2)8(14-6)9(12)11-4-3-10;/h5H,3-4,10H2,1-2H3,(H,11,12);1H. The summed E-state index contributed by atoms with van der Waals surface area (Å²) < 4.78 is 5.09. The summed E-state index contributed by atoms with van der Waals surface area (Å²) in [5, 5.41) is 2.70. The van der Waals surface area contributed by atoms with Gasteiger partial charge in [0.05, 0.1) is 7.11 Å². The van der Waals surface area contributed by atoms with Crippen molar-refractivity contribution in [2.24, 2.45) is 5.73 Å². The summed E-state index contributed by atoms with van der Waals surface area (Å²) >= 11 is 1.42. The molecular weight excluding hydrogens is 236 g/mol. The summed E-state index contributed by atoms with van der Waals surface area (Å²) in [6.07, 6.45) is 0. The lowest BCUT2D eigenvalue weighted by molar-refractivity contribution is 0.0956. The number of rotatable bonds is 4. The van der Waals surface area contributed by atoms with E-state index < -0.39 is 0 Å². The van der Waals surface area contributed by atoms with E-state index in [2.05, 4.69) is 5.32 Å². The van der Waals surface area contributed by atoms with Gasteiger partial charge in [0, 0.05) is 18.0 Å². The number of amides is 1. The molecule has 0 aromatic carbocycles. The predicted octanol–water partition coefficient (Wildman–Crippen LogP) is 1.18. The molecule has 0 atom stereocenters. The minimum absolute atomic E-state index is 0. The second-order valence-electron chi connectivity index (χ2n) is 2.80. The van der Waals surface area contributed by atoms with Gasteiger partial charge in [0.25, 0.3) is 5.91 Å². The zero-order valence-corrected chi connectivity index (χ0v) is 10.3. The molecule has 1 aromatic heterocycles. The van der Waals surface area contributed by atoms with Gasteiger partial charge in [-0.3, -0.25) is 4.79 Å². The van der Waals surface area contributed by atoms with Gasteiger partial charge in [0.2, 0.25) is 0 Å². The van der Waals surface area contributed by atoms with Crippen LogP contribution in [0.15, 0.2) is 6.07 Å². The third-order valence-electron chi connectivity index (χ3n) is 1.68. The Balaban J connectivity index is 0.00000196. The van der Waals surface area contributed by atoms with Crippen LogP contribution in [0.25, 0.3) is 0 Å². The van der Waals surface area contributed by atoms with Crippen molar-refractivity contribution in [3.63, 3.8) is 0 Å². The Hall–Kier alpha value is -0.780. The van der Waals surface area contributed by atoms with Crippen LogP contribution in [0.4, 0.5) is 0 Å². The number of nitrogens with two attached hydrogens (primary N) is 1. The highest BCUT2D eigenvalue weighted by atomic mass is 35.5. The van der Waals surface area contributed by atoms with Crippen LogP contribution in [-0.2, 0) is 0 Å². The van der Waals surface area contributed by atoms with E-state index in [4.69, 9.17) is 10.5 Å². The number of thiophene rings is 1. The molecule has 0 radical (unpaired) electrons. The zero-order chi connectivity index (χ0) is 10.6. The number of carbonyl (C=O) groups is 1. The normalized spacial score (nSPS) is 9.27. The number of methoxy groups -OCH3 is 1. The van der Waals surface area contributed by atoms with Gasteiger partial charge in [-0.05, 0) is 13.0 Å². The fourth-order valence-corrected chi connectivity index (χ4v) is 1.96. The van der Waals surface area contributed by atoms with Crippen molar-refractivity contribution < 1.29 is 9.53 Å². The fourth-order valence-electron chi connectivity index (χ4n) is 1.07. The van der Waals surface area contributed by atoms with Crippen LogP contribution in [0.3, 0.4) is 0 Å². The first-order chi connectivity index (χ1) is 6.69. The molecule has 1 aromatic rings. The summed E-state index contributed by atoms with van der Waals surface area (Å²) in [7, 11) is 1.56. The van der Waals surface area contributed by atoms with Gasteiger partial charge >= 0.3 is 0 Å². The maximum atomic E-state index is 11.6. The molecule has 0 aliphatic rings. The molecule has 0 spiro atoms. The Morgan fingerprint density at radius 1 is 1.67 bits per heavy atom. The molecule has 0 aliphatic heterocycles. The quantitative estimate of drug-likeness (QED) is 0.843. The van der Waals surface area contributed by atoms with E-state index in [9.17, 15) is 4.79 Å². The van der Waals surface area contributed by atoms with Gasteiger partial charge in [-0.25, -0.2) is 0 Å². The van der Waals surface area contributed by atoms with Crippen molar-refractivity contribution in [2.75, 3.05) is 20.2 Å². The molecule has 0 saturated heterocycles. The van der Waals surface area contributed by atoms with Gasteiger partial charge < -0.3 is 15.8 Å². The average molecular weight is 251 g/mol. The van der Waals surface area contributed by atoms with Crippen molar-refractivity contribution >= 4 is 29.7 Å². The van der Waals surface area contributed by atoms with E-state index in [1.807, 2.05) is 13.0 Å². The molecule has 1 amide bonds. The number of carbonyl (C=O) groups excluding carboxylic acids is 1. The summed E-state index contributed by atoms with van der Waals surface area (Å²) in [6.45, 7) is 2.87. The van der Waals surface area contributed by atoms with E-state index in [0.29, 0.717) is 23.7 Å². The van der Waals surface area contributed by atoms with Crippen LogP contribution in [-0.4, -0.2) is 26.1 Å². The van der Waals surface area contributed by atoms with Crippen LogP contribution < -0.4 is 15.8 Å². The van der Waals surface area contributed by atoms with Crippen LogP contribution in [0.5, 0.6) is 5.75 Å². The van der Waals surface area contributed by atoms with Crippen LogP contribution >= 0.6 is 23.7 Å². The second-order valence-corrected chi connectivity index (χ2v) is 4.06. The molecule has 0 fully saturated rings. The largest absolute Gasteiger partial charge is 0.495 e. The van der Waals surface area contributed by atoms with Crippen LogP contribution in [0.2, 0.25) is 0 Å². The van der Waals surface area contributed by atoms with Crippen LogP contribution in [0, 0.1) is 6.92 Å². The number of ether oxygens (including phenoxy) is 1. The minimum atomic E-state index is -0.120. The SMILES string of the molecule is COc1cc(C)sc1C(=O)NCCN.Cl. The second kappa shape index (κ2) is 6.66. The summed E-state index contributed by atoms with van der Waals surface area (Å²) in [5.74, 6) is 0.507. The molecule has 0 aliphatic carbocycles. The highest BCUT2D eigenvalue weighted by molar-refractivity contribution is 7.14. The molecule has 1 rings (SSSR count). The Kier molecular flexibility index (Phi) is 6.31. The number of hydrogen-bond donors (Lipinski definition) is 2. The lowest BCUT2D eigenvalue weighted by Crippen LogP contribution is -2.28. The van der Waals surface area contributed by atoms with E-state index in [1.54, 1.807) is 7.11 Å². The molecule has 86 valence electrons. The Bertz CT molecular complexity index is 328. The first-order valence-corrected chi connectivity index (χ1v) is 5.13. The van der Waals surface area contributed by atoms with E-state index in [0.717, 1.165) is 4.88 Å². The topological polar surface area (TPSA) is 64.3 Å². The molecule has 15 heavy (non-hydrogen) atoms. The number of hydrogen-bond acceptors (Lipinski definition) is 4. The Labute approximate surface area is 99.2 Å². The van der Waals surface area contributed by atoms with Gasteiger partial charge in [0.15, 0.2) is 0 Å².